The molecule has 0 unspecified atom stereocenters. The van der Waals surface area contributed by atoms with E-state index in [1.165, 1.54) is 0 Å². The molecule has 0 atom stereocenters. The predicted octanol–water partition coefficient (Wildman–Crippen LogP) is 6.68. The number of pyridine rings is 5. The van der Waals surface area contributed by atoms with Gasteiger partial charge in [-0.25, -0.2) is 15.0 Å². The Kier molecular flexibility index (Phi) is 3.67. The largest absolute Gasteiger partial charge is 0.254 e. The number of fused-ring (bicyclic) bond motifs is 14. The second-order valence-corrected chi connectivity index (χ2v) is 9.44. The van der Waals surface area contributed by atoms with Gasteiger partial charge in [-0.05, 0) is 60.7 Å². The van der Waals surface area contributed by atoms with E-state index in [0.29, 0.717) is 0 Å². The first kappa shape index (κ1) is 19.7. The molecule has 0 fully saturated rings. The molecule has 7 heteroatoms. The maximum atomic E-state index is 5.14. The number of rotatable bonds is 0. The number of benzene rings is 3. The number of nitrogens with zero attached hydrogens (tertiary/aromatic N) is 7. The van der Waals surface area contributed by atoms with E-state index in [0.717, 1.165) is 87.5 Å². The third kappa shape index (κ3) is 2.54. The van der Waals surface area contributed by atoms with Crippen LogP contribution in [0.2, 0.25) is 0 Å². The molecule has 9 aromatic rings. The topological polar surface area (TPSA) is 90.2 Å². The third-order valence-electron chi connectivity index (χ3n) is 7.33. The van der Waals surface area contributed by atoms with Crippen molar-refractivity contribution >= 4 is 87.5 Å². The molecular formula is C31H15N7. The number of hydrogen-bond acceptors (Lipinski definition) is 7. The summed E-state index contributed by atoms with van der Waals surface area (Å²) in [7, 11) is 0. The molecule has 6 aromatic heterocycles. The average Bonchev–Trinajstić information content (AvgIpc) is 2.99. The minimum Gasteiger partial charge on any atom is -0.254 e. The second-order valence-electron chi connectivity index (χ2n) is 9.44. The lowest BCUT2D eigenvalue weighted by molar-refractivity contribution is 1.36. The third-order valence-corrected chi connectivity index (χ3v) is 7.33. The summed E-state index contributed by atoms with van der Waals surface area (Å²) in [4.78, 5) is 33.9. The molecular weight excluding hydrogens is 470 g/mol. The fourth-order valence-electron chi connectivity index (χ4n) is 5.68. The van der Waals surface area contributed by atoms with Gasteiger partial charge in [0.25, 0.3) is 0 Å². The molecule has 174 valence electrons. The lowest BCUT2D eigenvalue weighted by Gasteiger charge is -2.11. The van der Waals surface area contributed by atoms with Crippen LogP contribution in [0.5, 0.6) is 0 Å². The lowest BCUT2D eigenvalue weighted by Crippen LogP contribution is -1.95. The van der Waals surface area contributed by atoms with E-state index in [-0.39, 0.29) is 0 Å². The molecule has 7 nitrogen and oxygen atoms in total. The maximum absolute atomic E-state index is 5.14. The summed E-state index contributed by atoms with van der Waals surface area (Å²) in [6, 6.07) is 22.3. The Bertz CT molecular complexity index is 2130. The zero-order valence-electron chi connectivity index (χ0n) is 19.8. The van der Waals surface area contributed by atoms with Gasteiger partial charge in [-0.2, -0.15) is 0 Å². The first-order valence-electron chi connectivity index (χ1n) is 12.3. The highest BCUT2D eigenvalue weighted by molar-refractivity contribution is 6.24. The Hall–Kier alpha value is -5.43. The molecule has 38 heavy (non-hydrogen) atoms. The molecule has 0 radical (unpaired) electrons. The Balaban J connectivity index is 1.46. The molecule has 3 aromatic carbocycles. The minimum atomic E-state index is 0.787. The van der Waals surface area contributed by atoms with Crippen molar-refractivity contribution in [2.75, 3.05) is 0 Å². The summed E-state index contributed by atoms with van der Waals surface area (Å²) in [5.41, 5.74) is 8.38. The fraction of sp³-hybridized carbons (Fsp3) is 0. The van der Waals surface area contributed by atoms with Crippen LogP contribution >= 0.6 is 0 Å². The van der Waals surface area contributed by atoms with Gasteiger partial charge in [0.05, 0.1) is 55.2 Å². The highest BCUT2D eigenvalue weighted by Crippen LogP contribution is 2.36. The van der Waals surface area contributed by atoms with Gasteiger partial charge >= 0.3 is 0 Å². The molecule has 9 rings (SSSR count). The molecule has 0 saturated carbocycles. The van der Waals surface area contributed by atoms with Crippen LogP contribution in [0.3, 0.4) is 0 Å². The normalized spacial score (nSPS) is 12.2. The van der Waals surface area contributed by atoms with Gasteiger partial charge in [0, 0.05) is 57.1 Å². The van der Waals surface area contributed by atoms with Gasteiger partial charge in [-0.3, -0.25) is 19.9 Å². The van der Waals surface area contributed by atoms with Gasteiger partial charge in [-0.15, -0.1) is 0 Å². The van der Waals surface area contributed by atoms with E-state index < -0.39 is 0 Å². The van der Waals surface area contributed by atoms with Crippen molar-refractivity contribution in [3.8, 4) is 0 Å². The molecule has 0 aliphatic rings. The highest BCUT2D eigenvalue weighted by atomic mass is 14.8. The molecule has 0 spiro atoms. The van der Waals surface area contributed by atoms with Gasteiger partial charge < -0.3 is 0 Å². The van der Waals surface area contributed by atoms with Crippen LogP contribution < -0.4 is 0 Å². The highest BCUT2D eigenvalue weighted by Gasteiger charge is 2.16. The van der Waals surface area contributed by atoms with E-state index in [9.17, 15) is 0 Å². The quantitative estimate of drug-likeness (QED) is 0.175. The van der Waals surface area contributed by atoms with Crippen molar-refractivity contribution in [3.63, 3.8) is 0 Å². The van der Waals surface area contributed by atoms with Gasteiger partial charge in [0.15, 0.2) is 0 Å². The maximum Gasteiger partial charge on any atom is 0.0996 e. The molecule has 0 aliphatic carbocycles. The summed E-state index contributed by atoms with van der Waals surface area (Å²) in [5, 5.41) is 5.93. The zero-order valence-corrected chi connectivity index (χ0v) is 19.8. The molecule has 0 saturated heterocycles. The van der Waals surface area contributed by atoms with Gasteiger partial charge in [-0.1, -0.05) is 6.07 Å². The van der Waals surface area contributed by atoms with E-state index in [2.05, 4.69) is 44.2 Å². The fourth-order valence-corrected chi connectivity index (χ4v) is 5.68. The zero-order chi connectivity index (χ0) is 24.8. The van der Waals surface area contributed by atoms with Crippen LogP contribution in [-0.4, -0.2) is 34.9 Å². The van der Waals surface area contributed by atoms with Gasteiger partial charge in [0.2, 0.25) is 0 Å². The SMILES string of the molecule is c1cnc2c(c1)c1cc3cc4nc5c6cccnc6c6ncccc6c5nc4cc3nc1c1cccnc12. The van der Waals surface area contributed by atoms with Crippen LogP contribution in [-0.2, 0) is 0 Å². The lowest BCUT2D eigenvalue weighted by atomic mass is 10.0. The monoisotopic (exact) mass is 485 g/mol. The van der Waals surface area contributed by atoms with E-state index in [1.54, 1.807) is 18.6 Å². The van der Waals surface area contributed by atoms with Crippen molar-refractivity contribution < 1.29 is 0 Å². The smallest absolute Gasteiger partial charge is 0.0996 e. The molecule has 6 heterocycles. The standard InChI is InChI=1S/C31H15N7/c1-5-17-21-13-16-14-23-24(15-22(16)36-25(21)18-6-2-10-33-27(18)26(17)32-9-1)38-31-20-8-4-12-35-29(20)28-19(30(31)37-23)7-3-11-34-28/h1-15H. The molecule has 0 bridgehead atoms. The summed E-state index contributed by atoms with van der Waals surface area (Å²) in [6.07, 6.45) is 7.19. The van der Waals surface area contributed by atoms with Crippen LogP contribution in [0.25, 0.3) is 87.5 Å². The Labute approximate surface area is 213 Å². The molecule has 0 amide bonds. The second kappa shape index (κ2) is 7.08. The van der Waals surface area contributed by atoms with Crippen LogP contribution in [0.15, 0.2) is 91.5 Å². The number of hydrogen-bond donors (Lipinski definition) is 0. The van der Waals surface area contributed by atoms with Crippen molar-refractivity contribution in [2.45, 2.75) is 0 Å². The summed E-state index contributed by atoms with van der Waals surface area (Å²) >= 11 is 0. The Morgan fingerprint density at radius 1 is 0.342 bits per heavy atom. The first-order valence-corrected chi connectivity index (χ1v) is 12.3. The minimum absolute atomic E-state index is 0.787. The van der Waals surface area contributed by atoms with Crippen LogP contribution in [0, 0.1) is 0 Å². The van der Waals surface area contributed by atoms with Gasteiger partial charge in [0.1, 0.15) is 0 Å². The Morgan fingerprint density at radius 3 is 1.37 bits per heavy atom. The van der Waals surface area contributed by atoms with E-state index in [1.807, 2.05) is 48.7 Å². The van der Waals surface area contributed by atoms with E-state index in [4.69, 9.17) is 15.0 Å². The molecule has 0 aliphatic heterocycles. The number of aromatic nitrogens is 7. The van der Waals surface area contributed by atoms with Crippen LogP contribution in [0.4, 0.5) is 0 Å². The summed E-state index contributed by atoms with van der Waals surface area (Å²) in [6.45, 7) is 0. The molecule has 0 N–H and O–H groups in total. The Morgan fingerprint density at radius 2 is 0.789 bits per heavy atom. The first-order chi connectivity index (χ1) is 18.8. The van der Waals surface area contributed by atoms with Crippen molar-refractivity contribution in [1.29, 1.82) is 0 Å². The van der Waals surface area contributed by atoms with Crippen LogP contribution in [0.1, 0.15) is 0 Å². The van der Waals surface area contributed by atoms with Crippen molar-refractivity contribution in [2.24, 2.45) is 0 Å². The van der Waals surface area contributed by atoms with E-state index >= 15 is 0 Å². The van der Waals surface area contributed by atoms with Crippen molar-refractivity contribution in [1.82, 2.24) is 34.9 Å². The average molecular weight is 486 g/mol. The van der Waals surface area contributed by atoms with Crippen molar-refractivity contribution in [3.05, 3.63) is 91.5 Å². The summed E-state index contributed by atoms with van der Waals surface area (Å²) in [5.74, 6) is 0. The predicted molar refractivity (Wildman–Crippen MR) is 151 cm³/mol. The summed E-state index contributed by atoms with van der Waals surface area (Å²) < 4.78 is 0.